The molecule has 2 rings (SSSR count). The Balaban J connectivity index is 2.06. The van der Waals surface area contributed by atoms with Crippen molar-refractivity contribution < 1.29 is 4.42 Å². The Hall–Kier alpha value is -1.10. The molecule has 1 aromatic heterocycles. The van der Waals surface area contributed by atoms with Crippen molar-refractivity contribution in [3.8, 4) is 0 Å². The highest BCUT2D eigenvalue weighted by Crippen LogP contribution is 2.21. The smallest absolute Gasteiger partial charge is 0.122 e. The quantitative estimate of drug-likeness (QED) is 0.922. The van der Waals surface area contributed by atoms with Gasteiger partial charge in [-0.3, -0.25) is 4.90 Å². The van der Waals surface area contributed by atoms with Gasteiger partial charge in [-0.15, -0.1) is 0 Å². The molecule has 2 aromatic rings. The van der Waals surface area contributed by atoms with E-state index in [2.05, 4.69) is 40.0 Å². The van der Waals surface area contributed by atoms with E-state index in [4.69, 9.17) is 10.2 Å². The van der Waals surface area contributed by atoms with Crippen molar-refractivity contribution in [1.82, 2.24) is 4.90 Å². The highest BCUT2D eigenvalue weighted by atomic mass is 79.9. The first-order valence-electron chi connectivity index (χ1n) is 5.89. The van der Waals surface area contributed by atoms with Crippen molar-refractivity contribution in [3.05, 3.63) is 58.5 Å². The molecule has 4 heteroatoms. The highest BCUT2D eigenvalue weighted by Gasteiger charge is 2.17. The van der Waals surface area contributed by atoms with Crippen molar-refractivity contribution in [2.24, 2.45) is 5.73 Å². The van der Waals surface area contributed by atoms with Crippen LogP contribution in [0.3, 0.4) is 0 Å². The molecule has 0 radical (unpaired) electrons. The molecule has 0 fully saturated rings. The second-order valence-electron chi connectivity index (χ2n) is 4.31. The molecule has 0 aliphatic carbocycles. The first-order valence-corrected chi connectivity index (χ1v) is 6.68. The predicted molar refractivity (Wildman–Crippen MR) is 76.1 cm³/mol. The van der Waals surface area contributed by atoms with E-state index in [1.807, 2.05) is 24.3 Å². The first-order chi connectivity index (χ1) is 8.70. The highest BCUT2D eigenvalue weighted by molar-refractivity contribution is 9.10. The minimum Gasteiger partial charge on any atom is -0.468 e. The summed E-state index contributed by atoms with van der Waals surface area (Å²) in [5, 5.41) is 0. The Kier molecular flexibility index (Phi) is 4.58. The summed E-state index contributed by atoms with van der Waals surface area (Å²) in [4.78, 5) is 2.20. The van der Waals surface area contributed by atoms with E-state index in [-0.39, 0.29) is 6.04 Å². The largest absolute Gasteiger partial charge is 0.468 e. The maximum atomic E-state index is 5.83. The van der Waals surface area contributed by atoms with Crippen LogP contribution >= 0.6 is 15.9 Å². The summed E-state index contributed by atoms with van der Waals surface area (Å²) in [5.74, 6) is 0.914. The van der Waals surface area contributed by atoms with Gasteiger partial charge < -0.3 is 10.2 Å². The molecule has 3 nitrogen and oxygen atoms in total. The summed E-state index contributed by atoms with van der Waals surface area (Å²) >= 11 is 3.44. The molecular formula is C14H17BrN2O. The minimum atomic E-state index is 0.114. The second kappa shape index (κ2) is 6.18. The molecule has 1 atom stereocenters. The molecule has 0 spiro atoms. The lowest BCUT2D eigenvalue weighted by Crippen LogP contribution is -2.29. The standard InChI is InChI=1S/C14H17BrN2O/c1-17(10-11-4-6-12(15)7-5-11)13(9-16)14-3-2-8-18-14/h2-8,13H,9-10,16H2,1H3. The Bertz CT molecular complexity index is 467. The fourth-order valence-electron chi connectivity index (χ4n) is 1.98. The summed E-state index contributed by atoms with van der Waals surface area (Å²) in [6, 6.07) is 12.3. The van der Waals surface area contributed by atoms with Crippen LogP contribution in [0.15, 0.2) is 51.6 Å². The zero-order valence-corrected chi connectivity index (χ0v) is 11.9. The maximum absolute atomic E-state index is 5.83. The molecule has 96 valence electrons. The molecule has 0 saturated carbocycles. The van der Waals surface area contributed by atoms with Gasteiger partial charge in [0.05, 0.1) is 12.3 Å². The van der Waals surface area contributed by atoms with Gasteiger partial charge in [-0.1, -0.05) is 28.1 Å². The monoisotopic (exact) mass is 308 g/mol. The first kappa shape index (κ1) is 13.3. The molecule has 1 aromatic carbocycles. The average Bonchev–Trinajstić information content (AvgIpc) is 2.87. The molecule has 0 aliphatic heterocycles. The lowest BCUT2D eigenvalue weighted by atomic mass is 10.1. The van der Waals surface area contributed by atoms with Crippen molar-refractivity contribution in [3.63, 3.8) is 0 Å². The van der Waals surface area contributed by atoms with Crippen LogP contribution in [-0.4, -0.2) is 18.5 Å². The van der Waals surface area contributed by atoms with Crippen molar-refractivity contribution >= 4 is 15.9 Å². The lowest BCUT2D eigenvalue weighted by Gasteiger charge is -2.25. The summed E-state index contributed by atoms with van der Waals surface area (Å²) in [5.41, 5.74) is 7.09. The van der Waals surface area contributed by atoms with E-state index in [0.717, 1.165) is 16.8 Å². The van der Waals surface area contributed by atoms with Crippen LogP contribution in [0.4, 0.5) is 0 Å². The van der Waals surface area contributed by atoms with E-state index >= 15 is 0 Å². The van der Waals surface area contributed by atoms with Crippen molar-refractivity contribution in [2.45, 2.75) is 12.6 Å². The van der Waals surface area contributed by atoms with Crippen LogP contribution in [0, 0.1) is 0 Å². The number of nitrogens with two attached hydrogens (primary N) is 1. The zero-order chi connectivity index (χ0) is 13.0. The topological polar surface area (TPSA) is 42.4 Å². The summed E-state index contributed by atoms with van der Waals surface area (Å²) in [7, 11) is 2.06. The van der Waals surface area contributed by atoms with Crippen LogP contribution in [0.1, 0.15) is 17.4 Å². The molecule has 0 amide bonds. The van der Waals surface area contributed by atoms with Crippen LogP contribution in [0.25, 0.3) is 0 Å². The van der Waals surface area contributed by atoms with Gasteiger partial charge in [0.25, 0.3) is 0 Å². The number of rotatable bonds is 5. The number of halogens is 1. The second-order valence-corrected chi connectivity index (χ2v) is 5.22. The summed E-state index contributed by atoms with van der Waals surface area (Å²) in [6.07, 6.45) is 1.69. The SMILES string of the molecule is CN(Cc1ccc(Br)cc1)C(CN)c1ccco1. The average molecular weight is 309 g/mol. The molecule has 0 saturated heterocycles. The van der Waals surface area contributed by atoms with Crippen molar-refractivity contribution in [1.29, 1.82) is 0 Å². The van der Waals surface area contributed by atoms with E-state index < -0.39 is 0 Å². The van der Waals surface area contributed by atoms with Gasteiger partial charge in [0, 0.05) is 17.6 Å². The Morgan fingerprint density at radius 1 is 1.28 bits per heavy atom. The summed E-state index contributed by atoms with van der Waals surface area (Å²) < 4.78 is 6.53. The third-order valence-electron chi connectivity index (χ3n) is 2.97. The van der Waals surface area contributed by atoms with Crippen molar-refractivity contribution in [2.75, 3.05) is 13.6 Å². The fourth-order valence-corrected chi connectivity index (χ4v) is 2.25. The van der Waals surface area contributed by atoms with Gasteiger partial charge in [0.2, 0.25) is 0 Å². The van der Waals surface area contributed by atoms with Crippen LogP contribution in [-0.2, 0) is 6.54 Å². The summed E-state index contributed by atoms with van der Waals surface area (Å²) in [6.45, 7) is 1.39. The predicted octanol–water partition coefficient (Wildman–Crippen LogP) is 3.17. The number of benzene rings is 1. The molecule has 2 N–H and O–H groups in total. The third-order valence-corrected chi connectivity index (χ3v) is 3.50. The van der Waals surface area contributed by atoms with E-state index in [0.29, 0.717) is 6.54 Å². The van der Waals surface area contributed by atoms with E-state index in [1.165, 1.54) is 5.56 Å². The van der Waals surface area contributed by atoms with Crippen LogP contribution in [0.5, 0.6) is 0 Å². The van der Waals surface area contributed by atoms with E-state index in [9.17, 15) is 0 Å². The van der Waals surface area contributed by atoms with Crippen LogP contribution < -0.4 is 5.73 Å². The van der Waals surface area contributed by atoms with Crippen LogP contribution in [0.2, 0.25) is 0 Å². The van der Waals surface area contributed by atoms with E-state index in [1.54, 1.807) is 6.26 Å². The minimum absolute atomic E-state index is 0.114. The number of hydrogen-bond acceptors (Lipinski definition) is 3. The molecule has 1 unspecified atom stereocenters. The van der Waals surface area contributed by atoms with Gasteiger partial charge in [-0.25, -0.2) is 0 Å². The Morgan fingerprint density at radius 3 is 2.56 bits per heavy atom. The fraction of sp³-hybridized carbons (Fsp3) is 0.286. The number of hydrogen-bond donors (Lipinski definition) is 1. The van der Waals surface area contributed by atoms with Gasteiger partial charge >= 0.3 is 0 Å². The molecular weight excluding hydrogens is 292 g/mol. The molecule has 18 heavy (non-hydrogen) atoms. The molecule has 0 aliphatic rings. The number of likely N-dealkylation sites (N-methyl/N-ethyl adjacent to an activating group) is 1. The normalized spacial score (nSPS) is 12.9. The third kappa shape index (κ3) is 3.22. The van der Waals surface area contributed by atoms with Gasteiger partial charge in [0.15, 0.2) is 0 Å². The Morgan fingerprint density at radius 2 is 2.00 bits per heavy atom. The number of nitrogens with zero attached hydrogens (tertiary/aromatic N) is 1. The van der Waals surface area contributed by atoms with Gasteiger partial charge in [-0.2, -0.15) is 0 Å². The Labute approximate surface area is 116 Å². The molecule has 0 bridgehead atoms. The maximum Gasteiger partial charge on any atom is 0.122 e. The number of furan rings is 1. The van der Waals surface area contributed by atoms with Gasteiger partial charge in [-0.05, 0) is 36.9 Å². The molecule has 1 heterocycles. The zero-order valence-electron chi connectivity index (χ0n) is 10.3. The lowest BCUT2D eigenvalue weighted by molar-refractivity contribution is 0.213. The van der Waals surface area contributed by atoms with Gasteiger partial charge in [0.1, 0.15) is 5.76 Å².